The van der Waals surface area contributed by atoms with Crippen molar-refractivity contribution in [1.29, 1.82) is 0 Å². The van der Waals surface area contributed by atoms with E-state index < -0.39 is 0 Å². The average Bonchev–Trinajstić information content (AvgIpc) is 3.26. The number of halogens is 1. The molecule has 1 atom stereocenters. The quantitative estimate of drug-likeness (QED) is 0.587. The van der Waals surface area contributed by atoms with Gasteiger partial charge >= 0.3 is 0 Å². The van der Waals surface area contributed by atoms with Gasteiger partial charge in [0.1, 0.15) is 5.75 Å². The molecule has 4 rings (SSSR count). The molecule has 1 saturated heterocycles. The highest BCUT2D eigenvalue weighted by atomic mass is 79.9. The average molecular weight is 471 g/mol. The van der Waals surface area contributed by atoms with Crippen LogP contribution in [-0.4, -0.2) is 42.2 Å². The summed E-state index contributed by atoms with van der Waals surface area (Å²) in [4.78, 5) is 30.6. The predicted molar refractivity (Wildman–Crippen MR) is 119 cm³/mol. The van der Waals surface area contributed by atoms with Crippen molar-refractivity contribution < 1.29 is 14.3 Å². The van der Waals surface area contributed by atoms with Crippen LogP contribution in [0.3, 0.4) is 0 Å². The Labute approximate surface area is 182 Å². The minimum atomic E-state index is -0.211. The number of carbonyl (C=O) groups excluding carboxylic acids is 1. The van der Waals surface area contributed by atoms with E-state index in [4.69, 9.17) is 9.47 Å². The Morgan fingerprint density at radius 2 is 2.03 bits per heavy atom. The van der Waals surface area contributed by atoms with Crippen molar-refractivity contribution in [2.45, 2.75) is 25.5 Å². The Hall–Kier alpha value is -2.64. The number of hydrogen-bond donors (Lipinski definition) is 1. The summed E-state index contributed by atoms with van der Waals surface area (Å²) in [6, 6.07) is 14.6. The number of ether oxygens (including phenoxy) is 2. The highest BCUT2D eigenvalue weighted by Gasteiger charge is 2.24. The first-order valence-corrected chi connectivity index (χ1v) is 10.7. The molecular formula is C23H23BrN2O4. The lowest BCUT2D eigenvalue weighted by atomic mass is 10.1. The van der Waals surface area contributed by atoms with Crippen LogP contribution in [0.4, 0.5) is 0 Å². The number of rotatable bonds is 6. The lowest BCUT2D eigenvalue weighted by molar-refractivity contribution is 0.0506. The van der Waals surface area contributed by atoms with Crippen molar-refractivity contribution in [2.24, 2.45) is 0 Å². The van der Waals surface area contributed by atoms with Crippen LogP contribution in [0.1, 0.15) is 28.8 Å². The zero-order valence-electron chi connectivity index (χ0n) is 16.7. The van der Waals surface area contributed by atoms with E-state index in [1.165, 1.54) is 0 Å². The van der Waals surface area contributed by atoms with Crippen LogP contribution in [0.2, 0.25) is 0 Å². The number of aromatic nitrogens is 1. The Balaban J connectivity index is 1.65. The Kier molecular flexibility index (Phi) is 6.20. The van der Waals surface area contributed by atoms with Crippen LogP contribution in [0.5, 0.6) is 5.75 Å². The summed E-state index contributed by atoms with van der Waals surface area (Å²) < 4.78 is 11.9. The summed E-state index contributed by atoms with van der Waals surface area (Å²) in [5, 5.41) is 0.888. The standard InChI is InChI=1S/C23H23BrN2O4/c1-29-19-9-6-16-11-17(22(27)25-21(16)12-19)13-26(14-20-3-2-10-30-20)23(28)15-4-7-18(24)8-5-15/h4-9,11-12,20H,2-3,10,13-14H2,1H3,(H,25,27). The molecule has 6 nitrogen and oxygen atoms in total. The first-order valence-electron chi connectivity index (χ1n) is 9.90. The molecule has 1 aliphatic heterocycles. The fourth-order valence-corrected chi connectivity index (χ4v) is 3.97. The maximum atomic E-state index is 13.2. The fraction of sp³-hybridized carbons (Fsp3) is 0.304. The zero-order valence-corrected chi connectivity index (χ0v) is 18.3. The maximum absolute atomic E-state index is 13.2. The maximum Gasteiger partial charge on any atom is 0.254 e. The second-order valence-electron chi connectivity index (χ2n) is 7.40. The number of benzene rings is 2. The summed E-state index contributed by atoms with van der Waals surface area (Å²) in [5.74, 6) is 0.559. The van der Waals surface area contributed by atoms with Crippen molar-refractivity contribution in [3.8, 4) is 5.75 Å². The third-order valence-electron chi connectivity index (χ3n) is 5.32. The minimum absolute atomic E-state index is 0.00630. The molecule has 1 aromatic heterocycles. The number of H-pyrrole nitrogens is 1. The molecular weight excluding hydrogens is 448 g/mol. The highest BCUT2D eigenvalue weighted by molar-refractivity contribution is 9.10. The molecule has 3 aromatic rings. The van der Waals surface area contributed by atoms with Gasteiger partial charge in [0, 0.05) is 34.8 Å². The second-order valence-corrected chi connectivity index (χ2v) is 8.32. The van der Waals surface area contributed by atoms with Gasteiger partial charge in [-0.05, 0) is 60.7 Å². The number of aromatic amines is 1. The topological polar surface area (TPSA) is 71.6 Å². The Morgan fingerprint density at radius 1 is 1.23 bits per heavy atom. The van der Waals surface area contributed by atoms with Crippen molar-refractivity contribution in [1.82, 2.24) is 9.88 Å². The smallest absolute Gasteiger partial charge is 0.254 e. The van der Waals surface area contributed by atoms with E-state index in [0.29, 0.717) is 35.5 Å². The van der Waals surface area contributed by atoms with E-state index in [1.54, 1.807) is 30.2 Å². The number of nitrogens with zero attached hydrogens (tertiary/aromatic N) is 1. The molecule has 1 fully saturated rings. The molecule has 0 spiro atoms. The van der Waals surface area contributed by atoms with Crippen LogP contribution in [0, 0.1) is 0 Å². The molecule has 0 saturated carbocycles. The molecule has 0 radical (unpaired) electrons. The highest BCUT2D eigenvalue weighted by Crippen LogP contribution is 2.21. The van der Waals surface area contributed by atoms with Gasteiger partial charge in [0.2, 0.25) is 0 Å². The van der Waals surface area contributed by atoms with Crippen molar-refractivity contribution in [3.05, 3.63) is 74.5 Å². The molecule has 2 aromatic carbocycles. The first-order chi connectivity index (χ1) is 14.5. The number of hydrogen-bond acceptors (Lipinski definition) is 4. The molecule has 1 aliphatic rings. The SMILES string of the molecule is COc1ccc2cc(CN(CC3CCCO3)C(=O)c3ccc(Br)cc3)c(=O)[nH]c2c1. The molecule has 1 amide bonds. The molecule has 30 heavy (non-hydrogen) atoms. The van der Waals surface area contributed by atoms with Gasteiger partial charge in [-0.2, -0.15) is 0 Å². The van der Waals surface area contributed by atoms with E-state index in [9.17, 15) is 9.59 Å². The van der Waals surface area contributed by atoms with Crippen molar-refractivity contribution in [2.75, 3.05) is 20.3 Å². The normalized spacial score (nSPS) is 16.0. The van der Waals surface area contributed by atoms with Crippen LogP contribution in [0.15, 0.2) is 57.8 Å². The number of nitrogens with one attached hydrogen (secondary N) is 1. The molecule has 0 bridgehead atoms. The van der Waals surface area contributed by atoms with E-state index in [1.807, 2.05) is 30.3 Å². The zero-order chi connectivity index (χ0) is 21.1. The summed E-state index contributed by atoms with van der Waals surface area (Å²) in [6.45, 7) is 1.38. The number of methoxy groups -OCH3 is 1. The lowest BCUT2D eigenvalue weighted by Crippen LogP contribution is -2.38. The van der Waals surface area contributed by atoms with Gasteiger partial charge in [-0.1, -0.05) is 15.9 Å². The van der Waals surface area contributed by atoms with Gasteiger partial charge in [-0.15, -0.1) is 0 Å². The first kappa shape index (κ1) is 20.6. The summed E-state index contributed by atoms with van der Waals surface area (Å²) in [6.07, 6.45) is 1.90. The summed E-state index contributed by atoms with van der Waals surface area (Å²) in [7, 11) is 1.59. The Morgan fingerprint density at radius 3 is 2.73 bits per heavy atom. The van der Waals surface area contributed by atoms with E-state index >= 15 is 0 Å². The largest absolute Gasteiger partial charge is 0.497 e. The van der Waals surface area contributed by atoms with E-state index in [-0.39, 0.29) is 24.1 Å². The third-order valence-corrected chi connectivity index (χ3v) is 5.85. The summed E-state index contributed by atoms with van der Waals surface area (Å²) in [5.41, 5.74) is 1.61. The van der Waals surface area contributed by atoms with Gasteiger partial charge in [0.25, 0.3) is 11.5 Å². The molecule has 7 heteroatoms. The van der Waals surface area contributed by atoms with Crippen LogP contribution in [0.25, 0.3) is 10.9 Å². The number of carbonyl (C=O) groups is 1. The number of fused-ring (bicyclic) bond motifs is 1. The van der Waals surface area contributed by atoms with Crippen LogP contribution in [-0.2, 0) is 11.3 Å². The van der Waals surface area contributed by atoms with Crippen LogP contribution < -0.4 is 10.3 Å². The molecule has 156 valence electrons. The lowest BCUT2D eigenvalue weighted by Gasteiger charge is -2.25. The minimum Gasteiger partial charge on any atom is -0.497 e. The van der Waals surface area contributed by atoms with Gasteiger partial charge in [-0.3, -0.25) is 9.59 Å². The van der Waals surface area contributed by atoms with Gasteiger partial charge < -0.3 is 19.4 Å². The predicted octanol–water partition coefficient (Wildman–Crippen LogP) is 4.12. The van der Waals surface area contributed by atoms with Crippen LogP contribution >= 0.6 is 15.9 Å². The Bertz CT molecular complexity index is 1100. The number of amides is 1. The van der Waals surface area contributed by atoms with Gasteiger partial charge in [0.15, 0.2) is 0 Å². The monoisotopic (exact) mass is 470 g/mol. The van der Waals surface area contributed by atoms with Gasteiger partial charge in [0.05, 0.1) is 25.3 Å². The molecule has 1 unspecified atom stereocenters. The summed E-state index contributed by atoms with van der Waals surface area (Å²) >= 11 is 3.40. The molecule has 1 N–H and O–H groups in total. The van der Waals surface area contributed by atoms with Crippen molar-refractivity contribution >= 4 is 32.7 Å². The molecule has 2 heterocycles. The molecule has 0 aliphatic carbocycles. The second kappa shape index (κ2) is 9.02. The fourth-order valence-electron chi connectivity index (χ4n) is 3.70. The van der Waals surface area contributed by atoms with Gasteiger partial charge in [-0.25, -0.2) is 0 Å². The number of pyridine rings is 1. The third kappa shape index (κ3) is 4.57. The van der Waals surface area contributed by atoms with E-state index in [2.05, 4.69) is 20.9 Å². The van der Waals surface area contributed by atoms with Crippen molar-refractivity contribution in [3.63, 3.8) is 0 Å². The van der Waals surface area contributed by atoms with E-state index in [0.717, 1.165) is 22.7 Å².